The molecule has 0 spiro atoms. The Balaban J connectivity index is 1.48. The lowest BCUT2D eigenvalue weighted by Crippen LogP contribution is -2.35. The van der Waals surface area contributed by atoms with E-state index in [9.17, 15) is 4.79 Å². The molecule has 1 aromatic carbocycles. The van der Waals surface area contributed by atoms with E-state index in [0.29, 0.717) is 30.2 Å². The number of amides is 1. The van der Waals surface area contributed by atoms with Gasteiger partial charge in [0, 0.05) is 26.2 Å². The maximum atomic E-state index is 12.9. The van der Waals surface area contributed by atoms with Crippen LogP contribution in [0.2, 0.25) is 0 Å². The van der Waals surface area contributed by atoms with Crippen LogP contribution >= 0.6 is 0 Å². The molecule has 1 aromatic heterocycles. The van der Waals surface area contributed by atoms with E-state index in [4.69, 9.17) is 9.47 Å². The summed E-state index contributed by atoms with van der Waals surface area (Å²) in [4.78, 5) is 17.0. The van der Waals surface area contributed by atoms with E-state index in [2.05, 4.69) is 15.1 Å². The summed E-state index contributed by atoms with van der Waals surface area (Å²) in [6.07, 6.45) is 0.883. The van der Waals surface area contributed by atoms with Gasteiger partial charge in [0.2, 0.25) is 6.79 Å². The van der Waals surface area contributed by atoms with Gasteiger partial charge in [0.05, 0.1) is 11.3 Å². The van der Waals surface area contributed by atoms with Crippen LogP contribution in [0.25, 0.3) is 0 Å². The van der Waals surface area contributed by atoms with Crippen molar-refractivity contribution in [3.8, 4) is 11.5 Å². The first-order valence-electron chi connectivity index (χ1n) is 8.45. The van der Waals surface area contributed by atoms with E-state index in [0.717, 1.165) is 31.0 Å². The number of rotatable bonds is 2. The molecule has 0 radical (unpaired) electrons. The molecule has 0 N–H and O–H groups in total. The van der Waals surface area contributed by atoms with Crippen LogP contribution in [-0.4, -0.2) is 54.0 Å². The molecule has 3 heterocycles. The number of benzene rings is 1. The van der Waals surface area contributed by atoms with Gasteiger partial charge in [0.25, 0.3) is 5.91 Å². The molecule has 1 fully saturated rings. The number of aromatic nitrogens is 2. The summed E-state index contributed by atoms with van der Waals surface area (Å²) in [5.41, 5.74) is 1.47. The predicted octanol–water partition coefficient (Wildman–Crippen LogP) is 1.87. The van der Waals surface area contributed by atoms with Crippen LogP contribution in [0.15, 0.2) is 30.3 Å². The summed E-state index contributed by atoms with van der Waals surface area (Å²) in [5, 5.41) is 8.38. The number of nitrogens with zero attached hydrogens (tertiary/aromatic N) is 4. The fourth-order valence-electron chi connectivity index (χ4n) is 3.18. The summed E-state index contributed by atoms with van der Waals surface area (Å²) in [6.45, 7) is 5.02. The first kappa shape index (κ1) is 15.7. The second kappa shape index (κ2) is 6.58. The molecule has 2 aliphatic rings. The van der Waals surface area contributed by atoms with Gasteiger partial charge in [-0.1, -0.05) is 6.07 Å². The van der Waals surface area contributed by atoms with Crippen LogP contribution in [0.5, 0.6) is 11.5 Å². The number of ether oxygens (including phenoxy) is 2. The van der Waals surface area contributed by atoms with Gasteiger partial charge < -0.3 is 19.3 Å². The van der Waals surface area contributed by atoms with E-state index in [1.54, 1.807) is 6.07 Å². The number of carbonyl (C=O) groups is 1. The van der Waals surface area contributed by atoms with Crippen LogP contribution in [0.4, 0.5) is 5.82 Å². The van der Waals surface area contributed by atoms with Gasteiger partial charge in [-0.05, 0) is 37.6 Å². The highest BCUT2D eigenvalue weighted by Gasteiger charge is 2.27. The lowest BCUT2D eigenvalue weighted by Gasteiger charge is -2.23. The van der Waals surface area contributed by atoms with Gasteiger partial charge in [0.1, 0.15) is 0 Å². The second-order valence-electron chi connectivity index (χ2n) is 6.21. The number of aryl methyl sites for hydroxylation is 1. The van der Waals surface area contributed by atoms with Crippen molar-refractivity contribution < 1.29 is 14.3 Å². The Kier molecular flexibility index (Phi) is 4.13. The Morgan fingerprint density at radius 3 is 2.80 bits per heavy atom. The molecule has 25 heavy (non-hydrogen) atoms. The highest BCUT2D eigenvalue weighted by molar-refractivity contribution is 5.98. The van der Waals surface area contributed by atoms with E-state index >= 15 is 0 Å². The Morgan fingerprint density at radius 2 is 1.96 bits per heavy atom. The standard InChI is InChI=1S/C18H20N4O3/c1-13-6-7-16(20-19-13)21-8-3-9-22(11-10-21)18(23)14-4-2-5-15-17(14)25-12-24-15/h2,4-7H,3,8-12H2,1H3. The molecule has 0 saturated carbocycles. The zero-order valence-electron chi connectivity index (χ0n) is 14.1. The summed E-state index contributed by atoms with van der Waals surface area (Å²) >= 11 is 0. The average Bonchev–Trinajstić information content (AvgIpc) is 2.98. The molecule has 1 saturated heterocycles. The fourth-order valence-corrected chi connectivity index (χ4v) is 3.18. The highest BCUT2D eigenvalue weighted by Crippen LogP contribution is 2.36. The third kappa shape index (κ3) is 3.09. The first-order valence-corrected chi connectivity index (χ1v) is 8.45. The minimum atomic E-state index is -0.0146. The predicted molar refractivity (Wildman–Crippen MR) is 92.1 cm³/mol. The van der Waals surface area contributed by atoms with Crippen LogP contribution in [0.3, 0.4) is 0 Å². The smallest absolute Gasteiger partial charge is 0.257 e. The summed E-state index contributed by atoms with van der Waals surface area (Å²) < 4.78 is 10.8. The highest BCUT2D eigenvalue weighted by atomic mass is 16.7. The van der Waals surface area contributed by atoms with E-state index in [-0.39, 0.29) is 12.7 Å². The zero-order valence-corrected chi connectivity index (χ0v) is 14.1. The Labute approximate surface area is 146 Å². The Bertz CT molecular complexity index is 778. The Morgan fingerprint density at radius 1 is 1.04 bits per heavy atom. The van der Waals surface area contributed by atoms with E-state index in [1.807, 2.05) is 36.1 Å². The molecular formula is C18H20N4O3. The number of hydrogen-bond donors (Lipinski definition) is 0. The van der Waals surface area contributed by atoms with Crippen molar-refractivity contribution in [3.63, 3.8) is 0 Å². The van der Waals surface area contributed by atoms with Gasteiger partial charge in [-0.15, -0.1) is 5.10 Å². The topological polar surface area (TPSA) is 67.8 Å². The normalized spacial score (nSPS) is 16.7. The van der Waals surface area contributed by atoms with Crippen LogP contribution in [0, 0.1) is 6.92 Å². The number of anilines is 1. The maximum Gasteiger partial charge on any atom is 0.257 e. The molecule has 130 valence electrons. The van der Waals surface area contributed by atoms with Gasteiger partial charge in [0.15, 0.2) is 17.3 Å². The molecule has 2 aliphatic heterocycles. The van der Waals surface area contributed by atoms with Gasteiger partial charge in [-0.3, -0.25) is 4.79 Å². The molecule has 1 amide bonds. The molecule has 2 aromatic rings. The third-order valence-corrected chi connectivity index (χ3v) is 4.52. The monoisotopic (exact) mass is 340 g/mol. The molecule has 0 aliphatic carbocycles. The van der Waals surface area contributed by atoms with Crippen molar-refractivity contribution in [2.45, 2.75) is 13.3 Å². The van der Waals surface area contributed by atoms with Crippen molar-refractivity contribution in [1.82, 2.24) is 15.1 Å². The maximum absolute atomic E-state index is 12.9. The molecule has 7 nitrogen and oxygen atoms in total. The van der Waals surface area contributed by atoms with Crippen molar-refractivity contribution in [2.24, 2.45) is 0 Å². The third-order valence-electron chi connectivity index (χ3n) is 4.52. The summed E-state index contributed by atoms with van der Waals surface area (Å²) in [5.74, 6) is 2.03. The van der Waals surface area contributed by atoms with Crippen LogP contribution in [-0.2, 0) is 0 Å². The van der Waals surface area contributed by atoms with Crippen LogP contribution in [0.1, 0.15) is 22.5 Å². The van der Waals surface area contributed by atoms with Gasteiger partial charge in [-0.2, -0.15) is 5.10 Å². The zero-order chi connectivity index (χ0) is 17.2. The van der Waals surface area contributed by atoms with Gasteiger partial charge in [-0.25, -0.2) is 0 Å². The summed E-state index contributed by atoms with van der Waals surface area (Å²) in [6, 6.07) is 9.38. The molecule has 0 atom stereocenters. The van der Waals surface area contributed by atoms with Gasteiger partial charge >= 0.3 is 0 Å². The van der Waals surface area contributed by atoms with Crippen molar-refractivity contribution in [2.75, 3.05) is 37.9 Å². The molecule has 7 heteroatoms. The Hall–Kier alpha value is -2.83. The molecule has 0 bridgehead atoms. The lowest BCUT2D eigenvalue weighted by atomic mass is 10.1. The SMILES string of the molecule is Cc1ccc(N2CCCN(C(=O)c3cccc4c3OCO4)CC2)nn1. The number of fused-ring (bicyclic) bond motifs is 1. The lowest BCUT2D eigenvalue weighted by molar-refractivity contribution is 0.0762. The second-order valence-corrected chi connectivity index (χ2v) is 6.21. The van der Waals surface area contributed by atoms with Crippen molar-refractivity contribution in [1.29, 1.82) is 0 Å². The minimum absolute atomic E-state index is 0.0146. The number of carbonyl (C=O) groups excluding carboxylic acids is 1. The summed E-state index contributed by atoms with van der Waals surface area (Å²) in [7, 11) is 0. The minimum Gasteiger partial charge on any atom is -0.454 e. The van der Waals surface area contributed by atoms with E-state index in [1.165, 1.54) is 0 Å². The molecular weight excluding hydrogens is 320 g/mol. The molecule has 0 unspecified atom stereocenters. The fraction of sp³-hybridized carbons (Fsp3) is 0.389. The van der Waals surface area contributed by atoms with Crippen molar-refractivity contribution in [3.05, 3.63) is 41.6 Å². The van der Waals surface area contributed by atoms with Crippen LogP contribution < -0.4 is 14.4 Å². The molecule has 4 rings (SSSR count). The van der Waals surface area contributed by atoms with Crippen molar-refractivity contribution >= 4 is 11.7 Å². The number of para-hydroxylation sites is 1. The van der Waals surface area contributed by atoms with E-state index < -0.39 is 0 Å². The number of hydrogen-bond acceptors (Lipinski definition) is 6. The quantitative estimate of drug-likeness (QED) is 0.831. The largest absolute Gasteiger partial charge is 0.454 e. The average molecular weight is 340 g/mol. The first-order chi connectivity index (χ1) is 12.2.